The Morgan fingerprint density at radius 2 is 1.60 bits per heavy atom. The predicted molar refractivity (Wildman–Crippen MR) is 293 cm³/mol. The number of hydrogen-bond donors (Lipinski definition) is 7. The lowest BCUT2D eigenvalue weighted by Crippen LogP contribution is -2.57. The van der Waals surface area contributed by atoms with Crippen LogP contribution in [-0.2, 0) is 57.6 Å². The number of nitrogens with zero attached hydrogens (tertiary/aromatic N) is 3. The van der Waals surface area contributed by atoms with E-state index in [1.165, 1.54) is 21.1 Å². The molecule has 78 heavy (non-hydrogen) atoms. The highest BCUT2D eigenvalue weighted by Gasteiger charge is 2.47. The first-order valence-corrected chi connectivity index (χ1v) is 27.4. The number of unbranched alkanes of at least 4 members (excludes halogenated alkanes) is 1. The molecular formula is C56H69ClFN9O10S. The summed E-state index contributed by atoms with van der Waals surface area (Å²) < 4.78 is 21.0. The van der Waals surface area contributed by atoms with Gasteiger partial charge in [-0.05, 0) is 100.0 Å². The molecule has 0 bridgehead atoms. The molecule has 3 aliphatic heterocycles. The molecule has 3 aromatic carbocycles. The number of thiazole rings is 1. The molecule has 8 amide bonds. The summed E-state index contributed by atoms with van der Waals surface area (Å²) in [7, 11) is 0. The van der Waals surface area contributed by atoms with Crippen molar-refractivity contribution < 1.29 is 52.6 Å². The van der Waals surface area contributed by atoms with E-state index in [1.54, 1.807) is 89.5 Å². The molecule has 1 saturated heterocycles. The Bertz CT molecular complexity index is 2920. The van der Waals surface area contributed by atoms with E-state index in [1.807, 2.05) is 25.1 Å². The second kappa shape index (κ2) is 24.8. The molecule has 8 N–H and O–H groups in total. The molecule has 1 aromatic heterocycles. The van der Waals surface area contributed by atoms with E-state index in [0.29, 0.717) is 36.9 Å². The third kappa shape index (κ3) is 14.4. The number of benzene rings is 3. The van der Waals surface area contributed by atoms with Crippen molar-refractivity contribution in [3.8, 4) is 10.4 Å². The third-order valence-electron chi connectivity index (χ3n) is 13.9. The van der Waals surface area contributed by atoms with Gasteiger partial charge in [0.2, 0.25) is 41.4 Å². The lowest BCUT2D eigenvalue weighted by Gasteiger charge is -2.35. The van der Waals surface area contributed by atoms with E-state index >= 15 is 4.39 Å². The Morgan fingerprint density at radius 3 is 2.27 bits per heavy atom. The summed E-state index contributed by atoms with van der Waals surface area (Å²) in [6, 6.07) is 11.5. The van der Waals surface area contributed by atoms with Crippen LogP contribution in [0.25, 0.3) is 10.4 Å². The fourth-order valence-corrected chi connectivity index (χ4v) is 11.1. The van der Waals surface area contributed by atoms with Crippen molar-refractivity contribution in [3.05, 3.63) is 99.1 Å². The Kier molecular flexibility index (Phi) is 18.7. The van der Waals surface area contributed by atoms with Gasteiger partial charge in [-0.1, -0.05) is 87.0 Å². The topological polar surface area (TPSA) is 272 Å². The number of nitrogens with one attached hydrogen (secondary N) is 5. The van der Waals surface area contributed by atoms with Gasteiger partial charge in [0.25, 0.3) is 0 Å². The first-order valence-electron chi connectivity index (χ1n) is 26.1. The normalized spacial score (nSPS) is 19.2. The summed E-state index contributed by atoms with van der Waals surface area (Å²) >= 11 is 8.32. The molecule has 4 heterocycles. The molecule has 0 radical (unpaired) electrons. The summed E-state index contributed by atoms with van der Waals surface area (Å²) in [6.07, 6.45) is -2.20. The molecule has 3 aliphatic rings. The van der Waals surface area contributed by atoms with Crippen molar-refractivity contribution in [1.29, 1.82) is 0 Å². The number of likely N-dealkylation sites (tertiary alicyclic amines) is 1. The number of aromatic nitrogens is 1. The van der Waals surface area contributed by atoms with Gasteiger partial charge < -0.3 is 47.1 Å². The van der Waals surface area contributed by atoms with Gasteiger partial charge in [-0.25, -0.2) is 14.2 Å². The number of primary amides is 1. The van der Waals surface area contributed by atoms with E-state index < -0.39 is 101 Å². The smallest absolute Gasteiger partial charge is 0.408 e. The maximum Gasteiger partial charge on any atom is 0.408 e. The van der Waals surface area contributed by atoms with Gasteiger partial charge in [-0.3, -0.25) is 38.5 Å². The summed E-state index contributed by atoms with van der Waals surface area (Å²) in [6.45, 7) is 12.1. The predicted octanol–water partition coefficient (Wildman–Crippen LogP) is 6.25. The molecule has 418 valence electrons. The van der Waals surface area contributed by atoms with Crippen molar-refractivity contribution in [2.75, 3.05) is 16.8 Å². The first kappa shape index (κ1) is 58.7. The Labute approximate surface area is 461 Å². The quantitative estimate of drug-likeness (QED) is 0.0407. The molecule has 7 atom stereocenters. The number of para-hydroxylation sites is 1. The molecule has 7 rings (SSSR count). The largest absolute Gasteiger partial charge is 0.444 e. The second-order valence-corrected chi connectivity index (χ2v) is 23.4. The molecule has 1 unspecified atom stereocenters. The van der Waals surface area contributed by atoms with E-state index in [2.05, 4.69) is 31.6 Å². The number of halogens is 2. The Balaban J connectivity index is 0.938. The summed E-state index contributed by atoms with van der Waals surface area (Å²) in [5, 5.41) is 24.2. The van der Waals surface area contributed by atoms with Crippen molar-refractivity contribution in [1.82, 2.24) is 31.2 Å². The number of ether oxygens (including phenoxy) is 1. The summed E-state index contributed by atoms with van der Waals surface area (Å²) in [5.41, 5.74) is 10.5. The van der Waals surface area contributed by atoms with Gasteiger partial charge >= 0.3 is 6.09 Å². The van der Waals surface area contributed by atoms with Crippen LogP contribution in [0.15, 0.2) is 66.2 Å². The lowest BCUT2D eigenvalue weighted by atomic mass is 9.85. The molecule has 0 saturated carbocycles. The monoisotopic (exact) mass is 1110 g/mol. The molecule has 22 heteroatoms. The van der Waals surface area contributed by atoms with Crippen LogP contribution in [0.1, 0.15) is 121 Å². The number of carbonyl (C=O) groups is 8. The fraction of sp³-hybridized carbons (Fsp3) is 0.482. The number of nitrogens with two attached hydrogens (primary N) is 1. The molecule has 1 fully saturated rings. The summed E-state index contributed by atoms with van der Waals surface area (Å²) in [5.74, 6) is -4.38. The maximum absolute atomic E-state index is 15.6. The number of hydrogen-bond acceptors (Lipinski definition) is 12. The zero-order chi connectivity index (χ0) is 56.8. The van der Waals surface area contributed by atoms with Crippen molar-refractivity contribution >= 4 is 81.8 Å². The first-order chi connectivity index (χ1) is 36.8. The third-order valence-corrected chi connectivity index (χ3v) is 15.3. The number of alkyl carbamates (subject to hydrolysis) is 1. The van der Waals surface area contributed by atoms with E-state index in [-0.39, 0.29) is 61.3 Å². The SMILES string of the molecule is Cc1ncsc1-c1ccc([C@H](F)NC(=O)[C@@H]2C[C@@H](O)CN2C(=O)[C@@H](NC(=O)CCCCc2cccc(NC(=O)C(CCC(N)=O)NC(=O)[C@@H]3Cc4cccc5c4N3C(=O)[C@@H](NC(=O)OC(C)(C)C)CC5)c2Cl)C(C)(C)C)cc1. The van der Waals surface area contributed by atoms with E-state index in [9.17, 15) is 43.5 Å². The van der Waals surface area contributed by atoms with Crippen LogP contribution < -0.4 is 37.2 Å². The minimum Gasteiger partial charge on any atom is -0.444 e. The van der Waals surface area contributed by atoms with Crippen molar-refractivity contribution in [2.24, 2.45) is 11.1 Å². The van der Waals surface area contributed by atoms with Crippen LogP contribution in [0.5, 0.6) is 0 Å². The number of carbonyl (C=O) groups excluding carboxylic acids is 8. The van der Waals surface area contributed by atoms with Gasteiger partial charge in [0, 0.05) is 37.8 Å². The molecule has 0 aliphatic carbocycles. The zero-order valence-corrected chi connectivity index (χ0v) is 46.4. The minimum atomic E-state index is -1.89. The van der Waals surface area contributed by atoms with Gasteiger partial charge in [0.15, 0.2) is 6.30 Å². The Hall–Kier alpha value is -6.97. The number of aliphatic hydroxyl groups is 1. The number of alkyl halides is 1. The molecule has 19 nitrogen and oxygen atoms in total. The maximum atomic E-state index is 15.6. The standard InChI is InChI=1S/C56H69ClFN9O10S/c1-30-46(78-29-60-30)33-18-20-34(21-19-33)48(58)65-50(72)40-27-36(68)28-66(40)53(75)47(55(2,3)4)64-43(70)17-9-8-12-31-13-11-16-37(44(31)57)61-49(71)38(24-25-42(59)69)62-51(73)41-26-35-15-10-14-32-22-23-39(52(74)67(41)45(32)35)63-54(76)77-56(5,6)7/h10-11,13-16,18-21,29,36,38-41,47-48,68H,8-9,12,17,22-28H2,1-7H3,(H2,59,69)(H,61,71)(H,62,73)(H,63,76)(H,64,70)(H,65,72)/t36-,38?,39+,40+,41+,47-,48-/m1/s1. The van der Waals surface area contributed by atoms with Gasteiger partial charge in [-0.15, -0.1) is 11.3 Å². The molecular weight excluding hydrogens is 1050 g/mol. The summed E-state index contributed by atoms with van der Waals surface area (Å²) in [4.78, 5) is 116. The van der Waals surface area contributed by atoms with Crippen LogP contribution in [0, 0.1) is 12.3 Å². The Morgan fingerprint density at radius 1 is 0.910 bits per heavy atom. The highest BCUT2D eigenvalue weighted by Crippen LogP contribution is 2.40. The van der Waals surface area contributed by atoms with Gasteiger partial charge in [0.05, 0.1) is 38.6 Å². The van der Waals surface area contributed by atoms with Gasteiger partial charge in [-0.2, -0.15) is 0 Å². The fourth-order valence-electron chi connectivity index (χ4n) is 9.98. The minimum absolute atomic E-state index is 0.0178. The van der Waals surface area contributed by atoms with Crippen LogP contribution in [0.3, 0.4) is 0 Å². The average molecular weight is 1110 g/mol. The van der Waals surface area contributed by atoms with E-state index in [4.69, 9.17) is 22.1 Å². The number of amides is 8. The molecule has 4 aromatic rings. The number of anilines is 2. The molecule has 0 spiro atoms. The van der Waals surface area contributed by atoms with Crippen LogP contribution in [-0.4, -0.2) is 111 Å². The highest BCUT2D eigenvalue weighted by atomic mass is 35.5. The second-order valence-electron chi connectivity index (χ2n) is 22.2. The number of aryl methyl sites for hydroxylation is 3. The van der Waals surface area contributed by atoms with Crippen LogP contribution in [0.4, 0.5) is 20.6 Å². The number of aliphatic hydroxyl groups excluding tert-OH is 1. The van der Waals surface area contributed by atoms with E-state index in [0.717, 1.165) is 27.3 Å². The van der Waals surface area contributed by atoms with Crippen LogP contribution in [0.2, 0.25) is 5.02 Å². The number of β-amino-alcohol motifs (C(OH)–C–C–N with tert-alkyl or cyclic N) is 1. The lowest BCUT2D eigenvalue weighted by molar-refractivity contribution is -0.144. The van der Waals surface area contributed by atoms with Crippen molar-refractivity contribution in [2.45, 2.75) is 161 Å². The van der Waals surface area contributed by atoms with Crippen LogP contribution >= 0.6 is 22.9 Å². The highest BCUT2D eigenvalue weighted by molar-refractivity contribution is 7.13. The zero-order valence-electron chi connectivity index (χ0n) is 44.9. The van der Waals surface area contributed by atoms with Crippen molar-refractivity contribution in [3.63, 3.8) is 0 Å². The average Bonchev–Trinajstić information content (AvgIpc) is 4.18. The number of rotatable bonds is 19. The van der Waals surface area contributed by atoms with Gasteiger partial charge in [0.1, 0.15) is 35.8 Å².